The molecule has 0 heterocycles. The van der Waals surface area contributed by atoms with Gasteiger partial charge < -0.3 is 20.5 Å². The maximum Gasteiger partial charge on any atom is 0.238 e. The van der Waals surface area contributed by atoms with Gasteiger partial charge in [0.05, 0.1) is 25.8 Å². The van der Waals surface area contributed by atoms with Crippen molar-refractivity contribution in [1.29, 1.82) is 0 Å². The summed E-state index contributed by atoms with van der Waals surface area (Å²) in [5, 5.41) is 14.4. The lowest BCUT2D eigenvalue weighted by molar-refractivity contribution is -0.115. The van der Waals surface area contributed by atoms with Gasteiger partial charge in [-0.2, -0.15) is 0 Å². The zero-order valence-corrected chi connectivity index (χ0v) is 10.1. The van der Waals surface area contributed by atoms with E-state index in [2.05, 4.69) is 10.6 Å². The van der Waals surface area contributed by atoms with Gasteiger partial charge in [-0.25, -0.2) is 4.39 Å². The molecule has 1 unspecified atom stereocenters. The minimum absolute atomic E-state index is 0.0476. The van der Waals surface area contributed by atoms with Crippen molar-refractivity contribution >= 4 is 11.6 Å². The Labute approximate surface area is 105 Å². The summed E-state index contributed by atoms with van der Waals surface area (Å²) in [5.74, 6) is -0.622. The molecule has 0 aliphatic carbocycles. The zero-order valence-electron chi connectivity index (χ0n) is 10.1. The normalized spacial score (nSPS) is 12.2. The fourth-order valence-electron chi connectivity index (χ4n) is 1.35. The van der Waals surface area contributed by atoms with Gasteiger partial charge in [0.2, 0.25) is 5.91 Å². The SMILES string of the molecule is COCC(CO)NCC(=O)Nc1ccc(F)cc1. The van der Waals surface area contributed by atoms with Crippen LogP contribution in [0, 0.1) is 5.82 Å². The highest BCUT2D eigenvalue weighted by atomic mass is 19.1. The van der Waals surface area contributed by atoms with E-state index < -0.39 is 0 Å². The van der Waals surface area contributed by atoms with Crippen molar-refractivity contribution < 1.29 is 19.0 Å². The van der Waals surface area contributed by atoms with Crippen LogP contribution in [0.3, 0.4) is 0 Å². The van der Waals surface area contributed by atoms with E-state index in [-0.39, 0.29) is 30.9 Å². The predicted octanol–water partition coefficient (Wildman–Crippen LogP) is 0.361. The van der Waals surface area contributed by atoms with Crippen LogP contribution in [0.15, 0.2) is 24.3 Å². The lowest BCUT2D eigenvalue weighted by Gasteiger charge is -2.14. The number of hydrogen-bond donors (Lipinski definition) is 3. The molecule has 0 saturated heterocycles. The van der Waals surface area contributed by atoms with E-state index in [1.807, 2.05) is 0 Å². The lowest BCUT2D eigenvalue weighted by atomic mass is 10.3. The smallest absolute Gasteiger partial charge is 0.238 e. The van der Waals surface area contributed by atoms with Crippen LogP contribution < -0.4 is 10.6 Å². The van der Waals surface area contributed by atoms with Crippen LogP contribution in [0.2, 0.25) is 0 Å². The Hall–Kier alpha value is -1.50. The fourth-order valence-corrected chi connectivity index (χ4v) is 1.35. The standard InChI is InChI=1S/C12H17FN2O3/c1-18-8-11(7-16)14-6-12(17)15-10-4-2-9(13)3-5-10/h2-5,11,14,16H,6-8H2,1H3,(H,15,17). The number of rotatable bonds is 7. The summed E-state index contributed by atoms with van der Waals surface area (Å²) in [6.07, 6.45) is 0. The molecule has 0 saturated carbocycles. The number of halogens is 1. The minimum Gasteiger partial charge on any atom is -0.395 e. The number of carbonyl (C=O) groups excluding carboxylic acids is 1. The molecule has 5 nitrogen and oxygen atoms in total. The summed E-state index contributed by atoms with van der Waals surface area (Å²) in [6.45, 7) is 0.254. The monoisotopic (exact) mass is 256 g/mol. The summed E-state index contributed by atoms with van der Waals surface area (Å²) in [5.41, 5.74) is 0.524. The third-order valence-electron chi connectivity index (χ3n) is 2.27. The second kappa shape index (κ2) is 7.75. The molecule has 1 rings (SSSR count). The van der Waals surface area contributed by atoms with Gasteiger partial charge in [0.25, 0.3) is 0 Å². The Bertz CT molecular complexity index is 370. The van der Waals surface area contributed by atoms with Crippen LogP contribution in [0.1, 0.15) is 0 Å². The van der Waals surface area contributed by atoms with Crippen LogP contribution in [-0.2, 0) is 9.53 Å². The first-order chi connectivity index (χ1) is 8.65. The zero-order chi connectivity index (χ0) is 13.4. The van der Waals surface area contributed by atoms with Crippen molar-refractivity contribution in [2.75, 3.05) is 32.2 Å². The molecule has 1 aromatic rings. The highest BCUT2D eigenvalue weighted by molar-refractivity contribution is 5.92. The summed E-state index contributed by atoms with van der Waals surface area (Å²) in [7, 11) is 1.52. The number of benzene rings is 1. The van der Waals surface area contributed by atoms with Crippen LogP contribution in [0.4, 0.5) is 10.1 Å². The Kier molecular flexibility index (Phi) is 6.27. The van der Waals surface area contributed by atoms with Gasteiger partial charge in [0.1, 0.15) is 5.82 Å². The molecule has 1 atom stereocenters. The topological polar surface area (TPSA) is 70.6 Å². The molecule has 0 radical (unpaired) electrons. The summed E-state index contributed by atoms with van der Waals surface area (Å²) in [6, 6.07) is 5.21. The molecule has 0 bridgehead atoms. The Balaban J connectivity index is 2.35. The first-order valence-electron chi connectivity index (χ1n) is 5.54. The van der Waals surface area contributed by atoms with Crippen molar-refractivity contribution in [2.24, 2.45) is 0 Å². The third-order valence-corrected chi connectivity index (χ3v) is 2.27. The van der Waals surface area contributed by atoms with Crippen molar-refractivity contribution in [1.82, 2.24) is 5.32 Å². The molecule has 18 heavy (non-hydrogen) atoms. The van der Waals surface area contributed by atoms with Crippen molar-refractivity contribution in [2.45, 2.75) is 6.04 Å². The van der Waals surface area contributed by atoms with E-state index in [0.717, 1.165) is 0 Å². The maximum absolute atomic E-state index is 12.6. The number of ether oxygens (including phenoxy) is 1. The number of amides is 1. The van der Waals surface area contributed by atoms with Gasteiger partial charge in [0, 0.05) is 12.8 Å². The molecule has 0 spiro atoms. The average molecular weight is 256 g/mol. The Morgan fingerprint density at radius 3 is 2.67 bits per heavy atom. The van der Waals surface area contributed by atoms with E-state index in [0.29, 0.717) is 12.3 Å². The Morgan fingerprint density at radius 2 is 2.11 bits per heavy atom. The van der Waals surface area contributed by atoms with Gasteiger partial charge in [-0.3, -0.25) is 4.79 Å². The van der Waals surface area contributed by atoms with Gasteiger partial charge in [-0.05, 0) is 24.3 Å². The summed E-state index contributed by atoms with van der Waals surface area (Å²) >= 11 is 0. The van der Waals surface area contributed by atoms with E-state index in [9.17, 15) is 9.18 Å². The Morgan fingerprint density at radius 1 is 1.44 bits per heavy atom. The number of aliphatic hydroxyl groups is 1. The highest BCUT2D eigenvalue weighted by Crippen LogP contribution is 2.07. The van der Waals surface area contributed by atoms with E-state index >= 15 is 0 Å². The lowest BCUT2D eigenvalue weighted by Crippen LogP contribution is -2.41. The predicted molar refractivity (Wildman–Crippen MR) is 65.8 cm³/mol. The second-order valence-corrected chi connectivity index (χ2v) is 3.77. The first-order valence-corrected chi connectivity index (χ1v) is 5.54. The molecule has 100 valence electrons. The van der Waals surface area contributed by atoms with E-state index in [1.54, 1.807) is 0 Å². The van der Waals surface area contributed by atoms with Crippen molar-refractivity contribution in [3.05, 3.63) is 30.1 Å². The van der Waals surface area contributed by atoms with Crippen molar-refractivity contribution in [3.8, 4) is 0 Å². The van der Waals surface area contributed by atoms with Gasteiger partial charge in [-0.1, -0.05) is 0 Å². The number of hydrogen-bond acceptors (Lipinski definition) is 4. The summed E-state index contributed by atoms with van der Waals surface area (Å²) < 4.78 is 17.5. The van der Waals surface area contributed by atoms with Gasteiger partial charge in [-0.15, -0.1) is 0 Å². The first kappa shape index (κ1) is 14.6. The van der Waals surface area contributed by atoms with Crippen LogP contribution in [-0.4, -0.2) is 43.9 Å². The quantitative estimate of drug-likeness (QED) is 0.659. The number of aliphatic hydroxyl groups excluding tert-OH is 1. The van der Waals surface area contributed by atoms with Gasteiger partial charge >= 0.3 is 0 Å². The van der Waals surface area contributed by atoms with Gasteiger partial charge in [0.15, 0.2) is 0 Å². The average Bonchev–Trinajstić information content (AvgIpc) is 2.37. The molecular weight excluding hydrogens is 239 g/mol. The molecule has 6 heteroatoms. The second-order valence-electron chi connectivity index (χ2n) is 3.77. The molecule has 1 aromatic carbocycles. The number of anilines is 1. The van der Waals surface area contributed by atoms with Crippen LogP contribution in [0.25, 0.3) is 0 Å². The molecule has 3 N–H and O–H groups in total. The van der Waals surface area contributed by atoms with Crippen LogP contribution >= 0.6 is 0 Å². The molecule has 0 aromatic heterocycles. The number of carbonyl (C=O) groups is 1. The largest absolute Gasteiger partial charge is 0.395 e. The molecule has 0 aliphatic rings. The minimum atomic E-state index is -0.355. The van der Waals surface area contributed by atoms with Crippen molar-refractivity contribution in [3.63, 3.8) is 0 Å². The number of nitrogens with one attached hydrogen (secondary N) is 2. The highest BCUT2D eigenvalue weighted by Gasteiger charge is 2.09. The molecule has 1 amide bonds. The molecule has 0 fully saturated rings. The maximum atomic E-state index is 12.6. The summed E-state index contributed by atoms with van der Waals surface area (Å²) in [4.78, 5) is 11.5. The molecule has 0 aliphatic heterocycles. The van der Waals surface area contributed by atoms with E-state index in [1.165, 1.54) is 31.4 Å². The van der Waals surface area contributed by atoms with E-state index in [4.69, 9.17) is 9.84 Å². The fraction of sp³-hybridized carbons (Fsp3) is 0.417. The van der Waals surface area contributed by atoms with Crippen LogP contribution in [0.5, 0.6) is 0 Å². The third kappa shape index (κ3) is 5.22. The number of methoxy groups -OCH3 is 1. The molecular formula is C12H17FN2O3.